The Morgan fingerprint density at radius 1 is 0.444 bits per heavy atom. The number of fused-ring (bicyclic) bond motifs is 5. The van der Waals surface area contributed by atoms with Gasteiger partial charge in [0.25, 0.3) is 0 Å². The maximum Gasteiger partial charge on any atom is 0.225 e. The van der Waals surface area contributed by atoms with E-state index in [0.717, 1.165) is 0 Å². The van der Waals surface area contributed by atoms with E-state index < -0.39 is 17.5 Å². The highest BCUT2D eigenvalue weighted by atomic mass is 35.6. The lowest BCUT2D eigenvalue weighted by atomic mass is 9.65. The van der Waals surface area contributed by atoms with Crippen LogP contribution < -0.4 is 5.19 Å². The van der Waals surface area contributed by atoms with Gasteiger partial charge in [0.2, 0.25) is 7.38 Å². The Morgan fingerprint density at radius 3 is 1.16 bits per heavy atom. The molecule has 45 heavy (non-hydrogen) atoms. The maximum absolute atomic E-state index is 9.16. The SMILES string of the molecule is Cc1cc(C)c([Si]2(Cl)[C@]3(c4ccccc4)C(c4ccccc4)=C(c4ccccc4)[C@@]2(c2ccccc2)c2ccccc23)c(C)c1. The molecule has 218 valence electrons. The predicted molar refractivity (Wildman–Crippen MR) is 192 cm³/mol. The van der Waals surface area contributed by atoms with Crippen molar-refractivity contribution in [1.82, 2.24) is 0 Å². The molecule has 0 N–H and O–H groups in total. The fourth-order valence-corrected chi connectivity index (χ4v) is 18.0. The van der Waals surface area contributed by atoms with Gasteiger partial charge in [0.15, 0.2) is 0 Å². The van der Waals surface area contributed by atoms with Crippen molar-refractivity contribution in [1.29, 1.82) is 0 Å². The summed E-state index contributed by atoms with van der Waals surface area (Å²) < 4.78 is 0. The third-order valence-corrected chi connectivity index (χ3v) is 17.8. The van der Waals surface area contributed by atoms with Crippen LogP contribution in [-0.4, -0.2) is 7.38 Å². The van der Waals surface area contributed by atoms with Crippen LogP contribution in [0.5, 0.6) is 0 Å². The van der Waals surface area contributed by atoms with Crippen LogP contribution in [0.25, 0.3) is 11.1 Å². The second-order valence-corrected chi connectivity index (χ2v) is 17.7. The Bertz CT molecular complexity index is 1940. The molecule has 2 heterocycles. The second kappa shape index (κ2) is 10.3. The van der Waals surface area contributed by atoms with Gasteiger partial charge in [-0.25, -0.2) is 0 Å². The number of aryl methyl sites for hydroxylation is 3. The summed E-state index contributed by atoms with van der Waals surface area (Å²) in [5.41, 5.74) is 14.2. The summed E-state index contributed by atoms with van der Waals surface area (Å²) in [5.74, 6) is 0. The van der Waals surface area contributed by atoms with Crippen LogP contribution in [0.4, 0.5) is 0 Å². The summed E-state index contributed by atoms with van der Waals surface area (Å²) in [7, 11) is -3.35. The molecule has 2 bridgehead atoms. The molecule has 0 radical (unpaired) electrons. The van der Waals surface area contributed by atoms with Gasteiger partial charge in [-0.3, -0.25) is 0 Å². The third-order valence-electron chi connectivity index (χ3n) is 10.3. The number of allylic oxidation sites excluding steroid dienone is 2. The zero-order chi connectivity index (χ0) is 30.8. The molecule has 0 fully saturated rings. The minimum atomic E-state index is -3.35. The lowest BCUT2D eigenvalue weighted by Crippen LogP contribution is -2.66. The first-order valence-electron chi connectivity index (χ1n) is 15.8. The predicted octanol–water partition coefficient (Wildman–Crippen LogP) is 9.99. The zero-order valence-corrected chi connectivity index (χ0v) is 27.6. The molecule has 0 nitrogen and oxygen atoms in total. The molecule has 0 amide bonds. The van der Waals surface area contributed by atoms with Crippen molar-refractivity contribution in [3.63, 3.8) is 0 Å². The van der Waals surface area contributed by atoms with Gasteiger partial charge in [0, 0.05) is 0 Å². The van der Waals surface area contributed by atoms with Crippen LogP contribution in [0.3, 0.4) is 0 Å². The first kappa shape index (κ1) is 28.1. The Kier molecular flexibility index (Phi) is 6.43. The van der Waals surface area contributed by atoms with Gasteiger partial charge in [-0.15, -0.1) is 0 Å². The Balaban J connectivity index is 1.72. The van der Waals surface area contributed by atoms with Gasteiger partial charge in [-0.2, -0.15) is 11.1 Å². The van der Waals surface area contributed by atoms with E-state index in [1.54, 1.807) is 0 Å². The molecule has 6 aromatic rings. The average molecular weight is 615 g/mol. The van der Waals surface area contributed by atoms with Crippen LogP contribution in [0.1, 0.15) is 50.1 Å². The molecule has 1 unspecified atom stereocenters. The highest BCUT2D eigenvalue weighted by Crippen LogP contribution is 2.76. The monoisotopic (exact) mass is 614 g/mol. The van der Waals surface area contributed by atoms with Crippen LogP contribution in [-0.2, 0) is 10.1 Å². The lowest BCUT2D eigenvalue weighted by Gasteiger charge is -2.46. The van der Waals surface area contributed by atoms with Crippen molar-refractivity contribution >= 4 is 34.8 Å². The van der Waals surface area contributed by atoms with Gasteiger partial charge in [0.05, 0.1) is 10.1 Å². The quantitative estimate of drug-likeness (QED) is 0.134. The largest absolute Gasteiger partial charge is 0.225 e. The molecule has 0 saturated carbocycles. The van der Waals surface area contributed by atoms with E-state index in [-0.39, 0.29) is 0 Å². The molecular formula is C43H35ClSi. The van der Waals surface area contributed by atoms with Gasteiger partial charge in [0.1, 0.15) is 0 Å². The third kappa shape index (κ3) is 3.49. The van der Waals surface area contributed by atoms with Crippen molar-refractivity contribution in [2.24, 2.45) is 0 Å². The molecule has 0 saturated heterocycles. The highest BCUT2D eigenvalue weighted by Gasteiger charge is 2.81. The number of hydrogen-bond donors (Lipinski definition) is 0. The smallest absolute Gasteiger partial charge is 0.158 e. The average Bonchev–Trinajstić information content (AvgIpc) is 3.41. The normalized spacial score (nSPS) is 23.3. The summed E-state index contributed by atoms with van der Waals surface area (Å²) in [6.45, 7) is 6.78. The summed E-state index contributed by atoms with van der Waals surface area (Å²) in [4.78, 5) is 0. The summed E-state index contributed by atoms with van der Waals surface area (Å²) in [5, 5.41) is 0.178. The van der Waals surface area contributed by atoms with Gasteiger partial charge >= 0.3 is 0 Å². The lowest BCUT2D eigenvalue weighted by molar-refractivity contribution is 0.915. The van der Waals surface area contributed by atoms with E-state index in [1.165, 1.54) is 66.4 Å². The summed E-state index contributed by atoms with van der Waals surface area (Å²) in [6, 6.07) is 58.4. The van der Waals surface area contributed by atoms with Gasteiger partial charge in [-0.05, 0) is 81.6 Å². The van der Waals surface area contributed by atoms with Crippen LogP contribution in [0.2, 0.25) is 0 Å². The van der Waals surface area contributed by atoms with E-state index >= 15 is 0 Å². The Morgan fingerprint density at radius 2 is 0.778 bits per heavy atom. The highest BCUT2D eigenvalue weighted by molar-refractivity contribution is 7.33. The first-order chi connectivity index (χ1) is 22.0. The second-order valence-electron chi connectivity index (χ2n) is 12.7. The fraction of sp³-hybridized carbons (Fsp3) is 0.116. The van der Waals surface area contributed by atoms with Crippen molar-refractivity contribution < 1.29 is 0 Å². The minimum absolute atomic E-state index is 0.584. The molecule has 3 atom stereocenters. The molecule has 0 spiro atoms. The number of halogens is 1. The molecule has 0 aliphatic carbocycles. The molecule has 8 rings (SSSR count). The number of hydrogen-bond acceptors (Lipinski definition) is 0. The summed E-state index contributed by atoms with van der Waals surface area (Å²) >= 11 is 9.16. The van der Waals surface area contributed by atoms with E-state index in [2.05, 4.69) is 178 Å². The molecule has 2 aliphatic heterocycles. The van der Waals surface area contributed by atoms with Crippen molar-refractivity contribution in [3.8, 4) is 0 Å². The molecule has 6 aromatic carbocycles. The molecule has 0 aromatic heterocycles. The zero-order valence-electron chi connectivity index (χ0n) is 25.9. The van der Waals surface area contributed by atoms with Gasteiger partial charge in [-0.1, -0.05) is 163 Å². The topological polar surface area (TPSA) is 0 Å². The van der Waals surface area contributed by atoms with Crippen LogP contribution >= 0.6 is 11.1 Å². The van der Waals surface area contributed by atoms with Crippen molar-refractivity contribution in [2.75, 3.05) is 0 Å². The standard InChI is InChI=1S/C43H35ClSi/c1-30-28-31(2)41(32(3)29-30)45(44)42(35-22-12-6-13-23-35)37-26-16-17-27-38(37)43(45,36-24-14-7-15-25-36)40(34-20-10-5-11-21-34)39(42)33-18-8-4-9-19-33/h4-29H,1-3H3/t42-,43+,45?. The van der Waals surface area contributed by atoms with Crippen LogP contribution in [0.15, 0.2) is 158 Å². The van der Waals surface area contributed by atoms with E-state index in [0.29, 0.717) is 0 Å². The fourth-order valence-electron chi connectivity index (χ4n) is 9.18. The summed E-state index contributed by atoms with van der Waals surface area (Å²) in [6.07, 6.45) is 0. The maximum atomic E-state index is 9.16. The Labute approximate surface area is 272 Å². The number of rotatable bonds is 5. The van der Waals surface area contributed by atoms with Crippen LogP contribution in [0, 0.1) is 20.8 Å². The van der Waals surface area contributed by atoms with Gasteiger partial charge < -0.3 is 0 Å². The van der Waals surface area contributed by atoms with E-state index in [9.17, 15) is 0 Å². The molecule has 2 aliphatic rings. The number of benzene rings is 6. The van der Waals surface area contributed by atoms with E-state index in [1.807, 2.05) is 0 Å². The molecular weight excluding hydrogens is 580 g/mol. The van der Waals surface area contributed by atoms with Crippen molar-refractivity contribution in [3.05, 3.63) is 208 Å². The van der Waals surface area contributed by atoms with Crippen molar-refractivity contribution in [2.45, 2.75) is 30.8 Å². The first-order valence-corrected chi connectivity index (χ1v) is 18.8. The Hall–Kier alpha value is -4.43. The minimum Gasteiger partial charge on any atom is -0.158 e. The molecule has 2 heteroatoms. The van der Waals surface area contributed by atoms with E-state index in [4.69, 9.17) is 11.1 Å².